The molecule has 1 aliphatic rings. The number of anilines is 2. The third-order valence-electron chi connectivity index (χ3n) is 4.76. The minimum absolute atomic E-state index is 0.0245. The highest BCUT2D eigenvalue weighted by Gasteiger charge is 2.24. The van der Waals surface area contributed by atoms with Gasteiger partial charge in [0.2, 0.25) is 11.6 Å². The van der Waals surface area contributed by atoms with E-state index in [0.717, 1.165) is 37.6 Å². The highest BCUT2D eigenvalue weighted by atomic mass is 32.2. The lowest BCUT2D eigenvalue weighted by atomic mass is 9.97. The maximum atomic E-state index is 12.4. The molecule has 0 spiro atoms. The fraction of sp³-hybridized carbons (Fsp3) is 0.368. The van der Waals surface area contributed by atoms with Crippen LogP contribution in [0.2, 0.25) is 0 Å². The van der Waals surface area contributed by atoms with Crippen LogP contribution in [0.1, 0.15) is 37.7 Å². The summed E-state index contributed by atoms with van der Waals surface area (Å²) in [4.78, 5) is 20.9. The van der Waals surface area contributed by atoms with Gasteiger partial charge in [0.15, 0.2) is 0 Å². The number of benzene rings is 1. The molecule has 0 radical (unpaired) electrons. The van der Waals surface area contributed by atoms with Crippen LogP contribution >= 0.6 is 0 Å². The zero-order valence-corrected chi connectivity index (χ0v) is 17.4. The standard InChI is InChI=1S/C19H24N6O4S/c1-14-7-9-16(10-8-14)30(28,29)24-23-19-17(25(26)27)18(21-13-22-19)20-12-11-15-5-3-2-4-6-15/h5,7-10,13,24H,2-4,6,11-12H2,1H3,(H2,20,21,22,23). The lowest BCUT2D eigenvalue weighted by Crippen LogP contribution is -2.30. The maximum Gasteiger partial charge on any atom is 0.354 e. The monoisotopic (exact) mass is 432 g/mol. The molecule has 0 unspecified atom stereocenters. The molecule has 0 aliphatic heterocycles. The molecular weight excluding hydrogens is 408 g/mol. The Morgan fingerprint density at radius 2 is 1.87 bits per heavy atom. The lowest BCUT2D eigenvalue weighted by molar-refractivity contribution is -0.383. The predicted octanol–water partition coefficient (Wildman–Crippen LogP) is 3.30. The zero-order valence-electron chi connectivity index (χ0n) is 16.6. The molecule has 3 N–H and O–H groups in total. The molecule has 3 rings (SSSR count). The minimum atomic E-state index is -3.93. The normalized spacial score (nSPS) is 14.1. The van der Waals surface area contributed by atoms with Crippen molar-refractivity contribution in [3.05, 3.63) is 57.9 Å². The first-order valence-electron chi connectivity index (χ1n) is 9.62. The average Bonchev–Trinajstić information content (AvgIpc) is 2.73. The quantitative estimate of drug-likeness (QED) is 0.312. The summed E-state index contributed by atoms with van der Waals surface area (Å²) in [6.45, 7) is 2.32. The van der Waals surface area contributed by atoms with E-state index in [1.807, 2.05) is 6.92 Å². The second-order valence-electron chi connectivity index (χ2n) is 7.01. The molecule has 160 valence electrons. The topological polar surface area (TPSA) is 139 Å². The fourth-order valence-corrected chi connectivity index (χ4v) is 3.98. The molecule has 0 amide bonds. The van der Waals surface area contributed by atoms with Gasteiger partial charge in [-0.3, -0.25) is 15.5 Å². The highest BCUT2D eigenvalue weighted by molar-refractivity contribution is 7.89. The van der Waals surface area contributed by atoms with E-state index < -0.39 is 20.6 Å². The molecule has 1 aliphatic carbocycles. The largest absolute Gasteiger partial charge is 0.364 e. The molecule has 0 saturated heterocycles. The van der Waals surface area contributed by atoms with Crippen LogP contribution in [-0.4, -0.2) is 29.9 Å². The third-order valence-corrected chi connectivity index (χ3v) is 6.03. The Labute approximate surface area is 175 Å². The minimum Gasteiger partial charge on any atom is -0.364 e. The number of aryl methyl sites for hydroxylation is 1. The van der Waals surface area contributed by atoms with Gasteiger partial charge in [0, 0.05) is 6.54 Å². The first kappa shape index (κ1) is 21.7. The first-order chi connectivity index (χ1) is 14.4. The molecule has 1 aromatic carbocycles. The molecule has 30 heavy (non-hydrogen) atoms. The van der Waals surface area contributed by atoms with Crippen LogP contribution in [-0.2, 0) is 10.0 Å². The van der Waals surface area contributed by atoms with Crippen molar-refractivity contribution < 1.29 is 13.3 Å². The summed E-state index contributed by atoms with van der Waals surface area (Å²) in [5.74, 6) is -0.214. The number of hydrogen-bond donors (Lipinski definition) is 3. The smallest absolute Gasteiger partial charge is 0.354 e. The lowest BCUT2D eigenvalue weighted by Gasteiger charge is -2.14. The molecule has 10 nitrogen and oxygen atoms in total. The highest BCUT2D eigenvalue weighted by Crippen LogP contribution is 2.29. The number of hydrogen-bond acceptors (Lipinski definition) is 8. The second kappa shape index (κ2) is 9.63. The van der Waals surface area contributed by atoms with Gasteiger partial charge < -0.3 is 5.32 Å². The molecule has 0 fully saturated rings. The molecule has 0 atom stereocenters. The van der Waals surface area contributed by atoms with Gasteiger partial charge >= 0.3 is 5.69 Å². The van der Waals surface area contributed by atoms with Crippen LogP contribution in [0, 0.1) is 17.0 Å². The number of allylic oxidation sites excluding steroid dienone is 1. The van der Waals surface area contributed by atoms with E-state index in [1.165, 1.54) is 24.1 Å². The number of rotatable bonds is 9. The molecular formula is C19H24N6O4S. The van der Waals surface area contributed by atoms with Gasteiger partial charge in [0.25, 0.3) is 10.0 Å². The average molecular weight is 433 g/mol. The Kier molecular flexibility index (Phi) is 6.95. The Morgan fingerprint density at radius 1 is 1.13 bits per heavy atom. The van der Waals surface area contributed by atoms with Crippen LogP contribution in [0.3, 0.4) is 0 Å². The SMILES string of the molecule is Cc1ccc(S(=O)(=O)NNc2ncnc(NCCC3=CCCCC3)c2[N+](=O)[O-])cc1. The number of nitro groups is 1. The fourth-order valence-electron chi connectivity index (χ4n) is 3.14. The first-order valence-corrected chi connectivity index (χ1v) is 11.1. The molecule has 0 saturated carbocycles. The Balaban J connectivity index is 1.71. The van der Waals surface area contributed by atoms with Crippen LogP contribution < -0.4 is 15.6 Å². The summed E-state index contributed by atoms with van der Waals surface area (Å²) >= 11 is 0. The van der Waals surface area contributed by atoms with Gasteiger partial charge in [-0.2, -0.15) is 0 Å². The van der Waals surface area contributed by atoms with Crippen molar-refractivity contribution in [2.45, 2.75) is 43.9 Å². The van der Waals surface area contributed by atoms with Gasteiger partial charge in [0.1, 0.15) is 6.33 Å². The van der Waals surface area contributed by atoms with Crippen LogP contribution in [0.4, 0.5) is 17.3 Å². The van der Waals surface area contributed by atoms with Crippen molar-refractivity contribution in [3.8, 4) is 0 Å². The van der Waals surface area contributed by atoms with Gasteiger partial charge in [-0.05, 0) is 51.2 Å². The van der Waals surface area contributed by atoms with E-state index in [1.54, 1.807) is 12.1 Å². The Morgan fingerprint density at radius 3 is 2.53 bits per heavy atom. The summed E-state index contributed by atoms with van der Waals surface area (Å²) < 4.78 is 24.8. The number of nitrogens with one attached hydrogen (secondary N) is 3. The molecule has 2 aromatic rings. The number of aromatic nitrogens is 2. The van der Waals surface area contributed by atoms with E-state index in [4.69, 9.17) is 0 Å². The predicted molar refractivity (Wildman–Crippen MR) is 113 cm³/mol. The Bertz CT molecular complexity index is 1040. The van der Waals surface area contributed by atoms with Gasteiger partial charge in [0.05, 0.1) is 9.82 Å². The summed E-state index contributed by atoms with van der Waals surface area (Å²) in [6.07, 6.45) is 8.59. The van der Waals surface area contributed by atoms with E-state index in [9.17, 15) is 18.5 Å². The number of hydrazine groups is 1. The van der Waals surface area contributed by atoms with Crippen molar-refractivity contribution in [3.63, 3.8) is 0 Å². The number of nitrogens with zero attached hydrogens (tertiary/aromatic N) is 3. The van der Waals surface area contributed by atoms with E-state index in [-0.39, 0.29) is 16.5 Å². The molecule has 1 heterocycles. The van der Waals surface area contributed by atoms with E-state index >= 15 is 0 Å². The van der Waals surface area contributed by atoms with Crippen molar-refractivity contribution >= 4 is 27.3 Å². The van der Waals surface area contributed by atoms with Crippen molar-refractivity contribution in [2.75, 3.05) is 17.3 Å². The molecule has 0 bridgehead atoms. The Hall–Kier alpha value is -3.05. The van der Waals surface area contributed by atoms with Crippen LogP contribution in [0.15, 0.2) is 47.1 Å². The van der Waals surface area contributed by atoms with E-state index in [0.29, 0.717) is 6.54 Å². The van der Waals surface area contributed by atoms with Crippen molar-refractivity contribution in [2.24, 2.45) is 0 Å². The number of sulfonamides is 1. The maximum absolute atomic E-state index is 12.4. The van der Waals surface area contributed by atoms with Crippen molar-refractivity contribution in [1.82, 2.24) is 14.8 Å². The van der Waals surface area contributed by atoms with Crippen molar-refractivity contribution in [1.29, 1.82) is 0 Å². The summed E-state index contributed by atoms with van der Waals surface area (Å²) in [5.41, 5.74) is 4.16. The third kappa shape index (κ3) is 5.51. The van der Waals surface area contributed by atoms with Crippen LogP contribution in [0.25, 0.3) is 0 Å². The van der Waals surface area contributed by atoms with Gasteiger partial charge in [-0.15, -0.1) is 4.83 Å². The zero-order chi connectivity index (χ0) is 21.6. The summed E-state index contributed by atoms with van der Waals surface area (Å²) in [5, 5.41) is 14.6. The molecule has 1 aromatic heterocycles. The molecule has 11 heteroatoms. The second-order valence-corrected chi connectivity index (χ2v) is 8.69. The van der Waals surface area contributed by atoms with Gasteiger partial charge in [-0.25, -0.2) is 18.4 Å². The summed E-state index contributed by atoms with van der Waals surface area (Å²) in [6, 6.07) is 6.21. The van der Waals surface area contributed by atoms with E-state index in [2.05, 4.69) is 31.6 Å². The van der Waals surface area contributed by atoms with Gasteiger partial charge in [-0.1, -0.05) is 29.3 Å². The van der Waals surface area contributed by atoms with Crippen LogP contribution in [0.5, 0.6) is 0 Å². The summed E-state index contributed by atoms with van der Waals surface area (Å²) in [7, 11) is -3.93.